The highest BCUT2D eigenvalue weighted by molar-refractivity contribution is 7.07. The van der Waals surface area contributed by atoms with Gasteiger partial charge in [0.2, 0.25) is 0 Å². The lowest BCUT2D eigenvalue weighted by Crippen LogP contribution is -2.28. The molecule has 2 heterocycles. The van der Waals surface area contributed by atoms with Gasteiger partial charge in [-0.3, -0.25) is 4.79 Å². The smallest absolute Gasteiger partial charge is 0.273 e. The summed E-state index contributed by atoms with van der Waals surface area (Å²) in [6.45, 7) is 7.67. The molecule has 4 rings (SSSR count). The molecular formula is C25H26ClF2N3OS. The fourth-order valence-corrected chi connectivity index (χ4v) is 3.93. The number of nitriles is 1. The van der Waals surface area contributed by atoms with Crippen molar-refractivity contribution in [3.63, 3.8) is 0 Å². The molecule has 0 spiro atoms. The topological polar surface area (TPSA) is 57.0 Å². The van der Waals surface area contributed by atoms with Crippen molar-refractivity contribution in [3.8, 4) is 6.07 Å². The maximum Gasteiger partial charge on any atom is 0.273 e. The van der Waals surface area contributed by atoms with Crippen molar-refractivity contribution in [1.82, 2.24) is 9.88 Å². The standard InChI is InChI=1S/C9H12N2OS.C8H6ClN.C8H8F2/c1-7-2-3-11(4-7)9(12)8-5-13-6-10-8;1-6-2-3-7(5-10)8(9)4-6;1-2-6-5-7(9)3-4-8(6)10/h5-7H,2-4H2,1H3;2-4H,1H3;3-5H,2H2,1H3. The Labute approximate surface area is 202 Å². The second-order valence-electron chi connectivity index (χ2n) is 7.70. The number of aromatic nitrogens is 1. The summed E-state index contributed by atoms with van der Waals surface area (Å²) in [5.74, 6) is 0.0235. The van der Waals surface area contributed by atoms with Crippen molar-refractivity contribution < 1.29 is 13.6 Å². The summed E-state index contributed by atoms with van der Waals surface area (Å²) in [6.07, 6.45) is 1.65. The number of thiazole rings is 1. The van der Waals surface area contributed by atoms with Crippen molar-refractivity contribution in [2.75, 3.05) is 13.1 Å². The van der Waals surface area contributed by atoms with E-state index in [-0.39, 0.29) is 17.5 Å². The van der Waals surface area contributed by atoms with Crippen molar-refractivity contribution in [2.24, 2.45) is 5.92 Å². The van der Waals surface area contributed by atoms with Crippen molar-refractivity contribution in [3.05, 3.63) is 86.3 Å². The van der Waals surface area contributed by atoms with Gasteiger partial charge in [0, 0.05) is 18.5 Å². The van der Waals surface area contributed by atoms with E-state index in [1.165, 1.54) is 17.4 Å². The van der Waals surface area contributed by atoms with Gasteiger partial charge in [-0.2, -0.15) is 5.26 Å². The van der Waals surface area contributed by atoms with E-state index in [1.807, 2.05) is 29.3 Å². The number of carbonyl (C=O) groups is 1. The molecule has 33 heavy (non-hydrogen) atoms. The number of likely N-dealkylation sites (tertiary alicyclic amines) is 1. The van der Waals surface area contributed by atoms with E-state index in [4.69, 9.17) is 16.9 Å². The molecule has 1 aromatic heterocycles. The minimum absolute atomic E-state index is 0.0885. The van der Waals surface area contributed by atoms with Crippen LogP contribution in [0.1, 0.15) is 47.4 Å². The Morgan fingerprint density at radius 3 is 2.58 bits per heavy atom. The normalized spacial score (nSPS) is 14.5. The first kappa shape index (κ1) is 26.4. The number of aryl methyl sites for hydroxylation is 2. The number of carbonyl (C=O) groups excluding carboxylic acids is 1. The van der Waals surface area contributed by atoms with Gasteiger partial charge >= 0.3 is 0 Å². The molecule has 0 N–H and O–H groups in total. The average molecular weight is 490 g/mol. The Balaban J connectivity index is 0.000000178. The van der Waals surface area contributed by atoms with Crippen LogP contribution in [0.4, 0.5) is 8.78 Å². The van der Waals surface area contributed by atoms with Gasteiger partial charge in [-0.1, -0.05) is 31.5 Å². The molecule has 0 radical (unpaired) electrons. The van der Waals surface area contributed by atoms with E-state index in [2.05, 4.69) is 11.9 Å². The third kappa shape index (κ3) is 8.23. The largest absolute Gasteiger partial charge is 0.337 e. The zero-order chi connectivity index (χ0) is 24.4. The van der Waals surface area contributed by atoms with Gasteiger partial charge in [0.05, 0.1) is 16.1 Å². The molecule has 1 unspecified atom stereocenters. The number of benzene rings is 2. The van der Waals surface area contributed by atoms with Gasteiger partial charge in [-0.15, -0.1) is 11.3 Å². The molecule has 0 aliphatic carbocycles. The molecule has 174 valence electrons. The average Bonchev–Trinajstić information content (AvgIpc) is 3.48. The van der Waals surface area contributed by atoms with E-state index in [0.717, 1.165) is 37.2 Å². The molecule has 1 aliphatic rings. The lowest BCUT2D eigenvalue weighted by atomic mass is 10.1. The Bertz CT molecular complexity index is 1090. The highest BCUT2D eigenvalue weighted by atomic mass is 35.5. The Morgan fingerprint density at radius 2 is 2.06 bits per heavy atom. The molecule has 0 saturated carbocycles. The van der Waals surface area contributed by atoms with Gasteiger partial charge < -0.3 is 4.90 Å². The second-order valence-corrected chi connectivity index (χ2v) is 8.83. The Kier molecular flexibility index (Phi) is 10.4. The summed E-state index contributed by atoms with van der Waals surface area (Å²) in [6, 6.07) is 10.8. The maximum absolute atomic E-state index is 12.6. The highest BCUT2D eigenvalue weighted by Crippen LogP contribution is 2.18. The monoisotopic (exact) mass is 489 g/mol. The predicted octanol–water partition coefficient (Wildman–Crippen LogP) is 6.67. The van der Waals surface area contributed by atoms with Crippen LogP contribution in [0.3, 0.4) is 0 Å². The molecule has 4 nitrogen and oxygen atoms in total. The number of nitrogens with zero attached hydrogens (tertiary/aromatic N) is 3. The first-order valence-corrected chi connectivity index (χ1v) is 11.8. The van der Waals surface area contributed by atoms with E-state index < -0.39 is 0 Å². The van der Waals surface area contributed by atoms with Crippen LogP contribution < -0.4 is 0 Å². The zero-order valence-corrected chi connectivity index (χ0v) is 20.4. The Hall–Kier alpha value is -2.82. The van der Waals surface area contributed by atoms with E-state index in [0.29, 0.717) is 34.2 Å². The summed E-state index contributed by atoms with van der Waals surface area (Å²) < 4.78 is 25.0. The fourth-order valence-electron chi connectivity index (χ4n) is 3.12. The molecule has 2 aromatic carbocycles. The van der Waals surface area contributed by atoms with Crippen molar-refractivity contribution in [1.29, 1.82) is 5.26 Å². The van der Waals surface area contributed by atoms with Crippen LogP contribution >= 0.6 is 22.9 Å². The first-order valence-electron chi connectivity index (χ1n) is 10.5. The lowest BCUT2D eigenvalue weighted by Gasteiger charge is -2.13. The zero-order valence-electron chi connectivity index (χ0n) is 18.8. The van der Waals surface area contributed by atoms with Crippen LogP contribution in [0.5, 0.6) is 0 Å². The molecule has 1 amide bonds. The summed E-state index contributed by atoms with van der Waals surface area (Å²) in [5, 5.41) is 10.8. The van der Waals surface area contributed by atoms with Crippen LogP contribution in [0.2, 0.25) is 5.02 Å². The summed E-state index contributed by atoms with van der Waals surface area (Å²) >= 11 is 7.18. The number of rotatable bonds is 2. The molecular weight excluding hydrogens is 464 g/mol. The minimum Gasteiger partial charge on any atom is -0.337 e. The lowest BCUT2D eigenvalue weighted by molar-refractivity contribution is 0.0783. The predicted molar refractivity (Wildman–Crippen MR) is 128 cm³/mol. The molecule has 0 bridgehead atoms. The third-order valence-electron chi connectivity index (χ3n) is 5.00. The van der Waals surface area contributed by atoms with Gasteiger partial charge in [-0.25, -0.2) is 13.8 Å². The van der Waals surface area contributed by atoms with Gasteiger partial charge in [-0.05, 0) is 67.1 Å². The quantitative estimate of drug-likeness (QED) is 0.403. The second kappa shape index (κ2) is 13.0. The number of halogens is 3. The Morgan fingerprint density at radius 1 is 1.30 bits per heavy atom. The summed E-state index contributed by atoms with van der Waals surface area (Å²) in [5.41, 5.74) is 4.34. The van der Waals surface area contributed by atoms with E-state index >= 15 is 0 Å². The summed E-state index contributed by atoms with van der Waals surface area (Å²) in [7, 11) is 0. The molecule has 1 aliphatic heterocycles. The third-order valence-corrected chi connectivity index (χ3v) is 5.90. The van der Waals surface area contributed by atoms with Crippen LogP contribution in [-0.4, -0.2) is 28.9 Å². The van der Waals surface area contributed by atoms with Gasteiger partial charge in [0.1, 0.15) is 23.4 Å². The molecule has 3 aromatic rings. The first-order chi connectivity index (χ1) is 15.7. The summed E-state index contributed by atoms with van der Waals surface area (Å²) in [4.78, 5) is 17.6. The maximum atomic E-state index is 12.6. The van der Waals surface area contributed by atoms with E-state index in [1.54, 1.807) is 24.6 Å². The van der Waals surface area contributed by atoms with Gasteiger partial charge in [0.15, 0.2) is 0 Å². The molecule has 1 atom stereocenters. The SMILES string of the molecule is CC1CCN(C(=O)c2cscn2)C1.CCc1cc(F)ccc1F.Cc1ccc(C#N)c(Cl)c1. The van der Waals surface area contributed by atoms with Crippen LogP contribution in [0, 0.1) is 35.8 Å². The minimum atomic E-state index is -0.377. The number of hydrogen-bond donors (Lipinski definition) is 0. The molecule has 1 fully saturated rings. The van der Waals surface area contributed by atoms with Crippen molar-refractivity contribution in [2.45, 2.75) is 33.6 Å². The van der Waals surface area contributed by atoms with Crippen LogP contribution in [0.25, 0.3) is 0 Å². The fraction of sp³-hybridized carbons (Fsp3) is 0.320. The molecule has 1 saturated heterocycles. The number of hydrogen-bond acceptors (Lipinski definition) is 4. The van der Waals surface area contributed by atoms with Gasteiger partial charge in [0.25, 0.3) is 5.91 Å². The number of amides is 1. The molecule has 8 heteroatoms. The highest BCUT2D eigenvalue weighted by Gasteiger charge is 2.24. The van der Waals surface area contributed by atoms with Crippen molar-refractivity contribution >= 4 is 28.8 Å². The van der Waals surface area contributed by atoms with Crippen LogP contribution in [0.15, 0.2) is 47.3 Å². The van der Waals surface area contributed by atoms with E-state index in [9.17, 15) is 13.6 Å². The van der Waals surface area contributed by atoms with Crippen LogP contribution in [-0.2, 0) is 6.42 Å².